The third kappa shape index (κ3) is 5.70. The van der Waals surface area contributed by atoms with Gasteiger partial charge in [-0.3, -0.25) is 14.4 Å². The molecule has 4 aromatic heterocycles. The Morgan fingerprint density at radius 2 is 1.77 bits per heavy atom. The minimum absolute atomic E-state index is 0.0233. The van der Waals surface area contributed by atoms with Gasteiger partial charge in [-0.2, -0.15) is 14.9 Å². The Labute approximate surface area is 253 Å². The van der Waals surface area contributed by atoms with E-state index in [1.807, 2.05) is 43.7 Å². The highest BCUT2D eigenvalue weighted by Gasteiger charge is 2.23. The van der Waals surface area contributed by atoms with Crippen molar-refractivity contribution in [2.75, 3.05) is 11.1 Å². The molecule has 0 aliphatic heterocycles. The topological polar surface area (TPSA) is 164 Å². The van der Waals surface area contributed by atoms with Crippen LogP contribution >= 0.6 is 0 Å². The first kappa shape index (κ1) is 28.8. The van der Waals surface area contributed by atoms with E-state index in [-0.39, 0.29) is 11.5 Å². The Balaban J connectivity index is 1.28. The van der Waals surface area contributed by atoms with E-state index in [0.717, 1.165) is 24.0 Å². The number of nitrogen functional groups attached to an aromatic ring is 1. The summed E-state index contributed by atoms with van der Waals surface area (Å²) < 4.78 is 3.02. The molecule has 224 valence electrons. The molecule has 1 saturated carbocycles. The molecule has 5 aromatic rings. The molecule has 0 radical (unpaired) electrons. The molecule has 1 aliphatic carbocycles. The minimum Gasteiger partial charge on any atom is -0.383 e. The standard InChI is InChI=1S/C32H33N9O3/c1-18(2)25-14-24(32(44)41(38-25)26-13-4-19(3)15-34-26)31(43)37-22-9-7-21(8-10-22)28-27-29(33)35-17-36-30(27)40(39-28)16-20-5-11-23(42)12-6-20/h4,7-10,13-15,17-18,20H,5-6,11-12,16H2,1-3H3,(H,37,43)(H2,33,35,36). The first-order valence-corrected chi connectivity index (χ1v) is 14.7. The first-order chi connectivity index (χ1) is 21.2. The van der Waals surface area contributed by atoms with Gasteiger partial charge < -0.3 is 11.1 Å². The lowest BCUT2D eigenvalue weighted by Gasteiger charge is -2.20. The predicted octanol–water partition coefficient (Wildman–Crippen LogP) is 4.46. The van der Waals surface area contributed by atoms with Crippen molar-refractivity contribution in [3.63, 3.8) is 0 Å². The summed E-state index contributed by atoms with van der Waals surface area (Å²) in [5, 5.41) is 12.8. The Hall–Kier alpha value is -5.26. The van der Waals surface area contributed by atoms with Gasteiger partial charge in [0.25, 0.3) is 11.5 Å². The summed E-state index contributed by atoms with van der Waals surface area (Å²) in [6, 6.07) is 12.2. The number of Topliss-reactive ketones (excluding diaryl/α,β-unsaturated/α-hetero) is 1. The molecule has 1 fully saturated rings. The van der Waals surface area contributed by atoms with Crippen LogP contribution in [-0.2, 0) is 11.3 Å². The van der Waals surface area contributed by atoms with Crippen molar-refractivity contribution in [1.82, 2.24) is 34.5 Å². The van der Waals surface area contributed by atoms with E-state index >= 15 is 0 Å². The number of fused-ring (bicyclic) bond motifs is 1. The summed E-state index contributed by atoms with van der Waals surface area (Å²) in [5.74, 6) is 0.729. The molecule has 44 heavy (non-hydrogen) atoms. The van der Waals surface area contributed by atoms with E-state index in [4.69, 9.17) is 10.8 Å². The number of aromatic nitrogens is 7. The van der Waals surface area contributed by atoms with Gasteiger partial charge in [0.2, 0.25) is 0 Å². The number of carbonyl (C=O) groups excluding carboxylic acids is 2. The number of hydrogen-bond donors (Lipinski definition) is 2. The molecule has 12 nitrogen and oxygen atoms in total. The maximum atomic E-state index is 13.4. The van der Waals surface area contributed by atoms with Gasteiger partial charge >= 0.3 is 0 Å². The van der Waals surface area contributed by atoms with E-state index in [1.54, 1.807) is 24.4 Å². The summed E-state index contributed by atoms with van der Waals surface area (Å²) in [7, 11) is 0. The molecule has 0 saturated heterocycles. The average Bonchev–Trinajstić information content (AvgIpc) is 3.38. The highest BCUT2D eigenvalue weighted by Crippen LogP contribution is 2.32. The van der Waals surface area contributed by atoms with Gasteiger partial charge in [-0.15, -0.1) is 0 Å². The van der Waals surface area contributed by atoms with Crippen LogP contribution in [0.4, 0.5) is 11.5 Å². The van der Waals surface area contributed by atoms with E-state index in [9.17, 15) is 14.4 Å². The lowest BCUT2D eigenvalue weighted by molar-refractivity contribution is -0.121. The summed E-state index contributed by atoms with van der Waals surface area (Å²) in [6.45, 7) is 6.42. The molecule has 0 atom stereocenters. The van der Waals surface area contributed by atoms with E-state index in [2.05, 4.69) is 25.4 Å². The Bertz CT molecular complexity index is 1920. The van der Waals surface area contributed by atoms with Gasteiger partial charge in [-0.05, 0) is 61.4 Å². The van der Waals surface area contributed by atoms with Crippen LogP contribution in [0.3, 0.4) is 0 Å². The molecule has 12 heteroatoms. The fourth-order valence-corrected chi connectivity index (χ4v) is 5.40. The van der Waals surface area contributed by atoms with E-state index in [1.165, 1.54) is 17.1 Å². The molecule has 6 rings (SSSR count). The van der Waals surface area contributed by atoms with Crippen LogP contribution in [0.2, 0.25) is 0 Å². The number of nitrogens with one attached hydrogen (secondary N) is 1. The van der Waals surface area contributed by atoms with E-state index in [0.29, 0.717) is 70.8 Å². The van der Waals surface area contributed by atoms with Gasteiger partial charge in [0.05, 0.1) is 11.1 Å². The number of aryl methyl sites for hydroxylation is 1. The summed E-state index contributed by atoms with van der Waals surface area (Å²) in [4.78, 5) is 51.5. The molecule has 3 N–H and O–H groups in total. The second kappa shape index (κ2) is 11.8. The average molecular weight is 592 g/mol. The zero-order chi connectivity index (χ0) is 31.0. The number of hydrogen-bond acceptors (Lipinski definition) is 9. The molecule has 1 aliphatic rings. The van der Waals surface area contributed by atoms with Crippen LogP contribution in [-0.4, -0.2) is 46.2 Å². The molecular weight excluding hydrogens is 558 g/mol. The molecule has 0 unspecified atom stereocenters. The van der Waals surface area contributed by atoms with Crippen LogP contribution in [0.5, 0.6) is 0 Å². The number of amides is 1. The lowest BCUT2D eigenvalue weighted by Crippen LogP contribution is -2.31. The summed E-state index contributed by atoms with van der Waals surface area (Å²) in [6.07, 6.45) is 5.92. The number of benzene rings is 1. The van der Waals surface area contributed by atoms with Gasteiger partial charge in [0.1, 0.15) is 29.2 Å². The maximum absolute atomic E-state index is 13.4. The molecule has 1 aromatic carbocycles. The number of carbonyl (C=O) groups is 2. The Kier molecular flexibility index (Phi) is 7.73. The predicted molar refractivity (Wildman–Crippen MR) is 167 cm³/mol. The SMILES string of the molecule is Cc1ccc(-n2nc(C(C)C)cc(C(=O)Nc3ccc(-c4nn(CC5CCC(=O)CC5)c5ncnc(N)c45)cc3)c2=O)nc1. The lowest BCUT2D eigenvalue weighted by atomic mass is 9.88. The molecule has 4 heterocycles. The molecule has 0 bridgehead atoms. The first-order valence-electron chi connectivity index (χ1n) is 14.7. The monoisotopic (exact) mass is 591 g/mol. The normalized spacial score (nSPS) is 14.0. The highest BCUT2D eigenvalue weighted by atomic mass is 16.2. The van der Waals surface area contributed by atoms with Crippen LogP contribution in [0.1, 0.15) is 67.1 Å². The van der Waals surface area contributed by atoms with Crippen LogP contribution in [0.15, 0.2) is 59.8 Å². The van der Waals surface area contributed by atoms with Crippen molar-refractivity contribution in [2.24, 2.45) is 5.92 Å². The number of nitrogens with two attached hydrogens (primary N) is 1. The van der Waals surface area contributed by atoms with Crippen molar-refractivity contribution >= 4 is 34.2 Å². The van der Waals surface area contributed by atoms with Crippen molar-refractivity contribution < 1.29 is 9.59 Å². The zero-order valence-electron chi connectivity index (χ0n) is 24.8. The number of nitrogens with zero attached hydrogens (tertiary/aromatic N) is 7. The van der Waals surface area contributed by atoms with Gasteiger partial charge in [-0.25, -0.2) is 19.6 Å². The molecular formula is C32H33N9O3. The minimum atomic E-state index is -0.560. The maximum Gasteiger partial charge on any atom is 0.285 e. The zero-order valence-corrected chi connectivity index (χ0v) is 24.8. The molecule has 1 amide bonds. The highest BCUT2D eigenvalue weighted by molar-refractivity contribution is 6.04. The molecule has 0 spiro atoms. The summed E-state index contributed by atoms with van der Waals surface area (Å²) >= 11 is 0. The fraction of sp³-hybridized carbons (Fsp3) is 0.312. The van der Waals surface area contributed by atoms with Crippen molar-refractivity contribution in [3.8, 4) is 17.1 Å². The van der Waals surface area contributed by atoms with Crippen LogP contribution in [0, 0.1) is 12.8 Å². The van der Waals surface area contributed by atoms with Gasteiger partial charge in [-0.1, -0.05) is 32.0 Å². The Morgan fingerprint density at radius 3 is 2.45 bits per heavy atom. The number of pyridine rings is 1. The van der Waals surface area contributed by atoms with Crippen molar-refractivity contribution in [1.29, 1.82) is 0 Å². The van der Waals surface area contributed by atoms with Crippen molar-refractivity contribution in [2.45, 2.75) is 58.9 Å². The van der Waals surface area contributed by atoms with E-state index < -0.39 is 11.5 Å². The fourth-order valence-electron chi connectivity index (χ4n) is 5.40. The van der Waals surface area contributed by atoms with Gasteiger partial charge in [0.15, 0.2) is 11.5 Å². The Morgan fingerprint density at radius 1 is 1.02 bits per heavy atom. The quantitative estimate of drug-likeness (QED) is 0.278. The number of rotatable bonds is 7. The largest absolute Gasteiger partial charge is 0.383 e. The summed E-state index contributed by atoms with van der Waals surface area (Å²) in [5.41, 5.74) is 9.76. The third-order valence-corrected chi connectivity index (χ3v) is 7.95. The van der Waals surface area contributed by atoms with Crippen molar-refractivity contribution in [3.05, 3.63) is 82.2 Å². The number of anilines is 2. The number of ketones is 1. The second-order valence-corrected chi connectivity index (χ2v) is 11.6. The third-order valence-electron chi connectivity index (χ3n) is 7.95. The van der Waals surface area contributed by atoms with Gasteiger partial charge in [0, 0.05) is 36.8 Å². The smallest absolute Gasteiger partial charge is 0.285 e. The second-order valence-electron chi connectivity index (χ2n) is 11.6. The van der Waals surface area contributed by atoms with Crippen LogP contribution < -0.4 is 16.6 Å². The van der Waals surface area contributed by atoms with Crippen LogP contribution in [0.25, 0.3) is 28.1 Å².